The predicted octanol–water partition coefficient (Wildman–Crippen LogP) is 3.71. The lowest BCUT2D eigenvalue weighted by Crippen LogP contribution is -2.31. The van der Waals surface area contributed by atoms with Crippen LogP contribution >= 0.6 is 11.8 Å². The minimum absolute atomic E-state index is 0.00464. The summed E-state index contributed by atoms with van der Waals surface area (Å²) in [5.74, 6) is 1.07. The fraction of sp³-hybridized carbons (Fsp3) is 0.0833. The molecule has 0 aliphatic carbocycles. The number of ether oxygens (including phenoxy) is 2. The minimum atomic E-state index is -0.438. The average molecular weight is 458 g/mol. The number of nitrogens with zero attached hydrogens (tertiary/aromatic N) is 3. The Bertz CT molecular complexity index is 1310. The molecule has 33 heavy (non-hydrogen) atoms. The number of benzene rings is 3. The van der Waals surface area contributed by atoms with Crippen molar-refractivity contribution in [3.05, 3.63) is 84.4 Å². The first-order chi connectivity index (χ1) is 16.2. The molecule has 164 valence electrons. The first-order valence-corrected chi connectivity index (χ1v) is 11.1. The van der Waals surface area contributed by atoms with E-state index in [0.717, 1.165) is 11.3 Å². The maximum absolute atomic E-state index is 12.4. The molecule has 0 saturated heterocycles. The Morgan fingerprint density at radius 2 is 1.64 bits per heavy atom. The molecule has 2 heterocycles. The molecule has 5 rings (SSSR count). The number of hydrogen-bond acceptors (Lipinski definition) is 7. The molecule has 0 radical (unpaired) electrons. The summed E-state index contributed by atoms with van der Waals surface area (Å²) in [6, 6.07) is 23.8. The van der Waals surface area contributed by atoms with Gasteiger partial charge in [0.1, 0.15) is 0 Å². The van der Waals surface area contributed by atoms with Crippen LogP contribution in [0.5, 0.6) is 11.5 Å². The highest BCUT2D eigenvalue weighted by molar-refractivity contribution is 7.99. The van der Waals surface area contributed by atoms with E-state index >= 15 is 0 Å². The summed E-state index contributed by atoms with van der Waals surface area (Å²) in [5, 5.41) is 11.6. The smallest absolute Gasteiger partial charge is 0.257 e. The fourth-order valence-corrected chi connectivity index (χ4v) is 4.10. The largest absolute Gasteiger partial charge is 0.454 e. The van der Waals surface area contributed by atoms with Crippen molar-refractivity contribution in [2.24, 2.45) is 0 Å². The average Bonchev–Trinajstić information content (AvgIpc) is 3.50. The van der Waals surface area contributed by atoms with Crippen molar-refractivity contribution in [3.8, 4) is 28.6 Å². The van der Waals surface area contributed by atoms with Crippen LogP contribution in [0.3, 0.4) is 0 Å². The zero-order chi connectivity index (χ0) is 22.6. The number of para-hydroxylation sites is 1. The number of nitrogens with one attached hydrogen (secondary N) is 1. The summed E-state index contributed by atoms with van der Waals surface area (Å²) < 4.78 is 12.8. The molecular formula is C24H18N4O4S. The standard InChI is InChI=1S/C24H18N4O4S/c29-21(25-23(30)16-7-3-1-4-8-16)14-33-24-27-26-22(28(24)18-9-5-2-6-10-18)17-11-12-19-20(13-17)32-15-31-19/h1-13H,14-15H2,(H,25,29,30). The molecule has 0 spiro atoms. The maximum Gasteiger partial charge on any atom is 0.257 e. The van der Waals surface area contributed by atoms with Gasteiger partial charge in [0.2, 0.25) is 12.7 Å². The van der Waals surface area contributed by atoms with E-state index in [1.165, 1.54) is 11.8 Å². The highest BCUT2D eigenvalue weighted by Crippen LogP contribution is 2.37. The molecule has 0 atom stereocenters. The second-order valence-electron chi connectivity index (χ2n) is 7.08. The molecule has 3 aromatic carbocycles. The number of hydrogen-bond donors (Lipinski definition) is 1. The molecular weight excluding hydrogens is 440 g/mol. The van der Waals surface area contributed by atoms with E-state index in [9.17, 15) is 9.59 Å². The van der Waals surface area contributed by atoms with Crippen LogP contribution in [-0.2, 0) is 4.79 Å². The van der Waals surface area contributed by atoms with Gasteiger partial charge in [-0.1, -0.05) is 48.2 Å². The SMILES string of the molecule is O=C(CSc1nnc(-c2ccc3c(c2)OCO3)n1-c1ccccc1)NC(=O)c1ccccc1. The number of amides is 2. The Balaban J connectivity index is 1.39. The van der Waals surface area contributed by atoms with Crippen molar-refractivity contribution in [1.29, 1.82) is 0 Å². The molecule has 1 aliphatic rings. The third kappa shape index (κ3) is 4.44. The molecule has 8 nitrogen and oxygen atoms in total. The molecule has 0 unspecified atom stereocenters. The van der Waals surface area contributed by atoms with Gasteiger partial charge >= 0.3 is 0 Å². The molecule has 2 amide bonds. The normalized spacial score (nSPS) is 11.9. The Hall–Kier alpha value is -4.11. The highest BCUT2D eigenvalue weighted by atomic mass is 32.2. The summed E-state index contributed by atoms with van der Waals surface area (Å²) in [5.41, 5.74) is 2.07. The monoisotopic (exact) mass is 458 g/mol. The number of carbonyl (C=O) groups is 2. The van der Waals surface area contributed by atoms with Crippen molar-refractivity contribution >= 4 is 23.6 Å². The number of aromatic nitrogens is 3. The van der Waals surface area contributed by atoms with Crippen molar-refractivity contribution in [3.63, 3.8) is 0 Å². The van der Waals surface area contributed by atoms with Gasteiger partial charge < -0.3 is 9.47 Å². The first kappa shape index (κ1) is 20.8. The molecule has 0 saturated carbocycles. The van der Waals surface area contributed by atoms with Gasteiger partial charge in [0, 0.05) is 16.8 Å². The van der Waals surface area contributed by atoms with Gasteiger partial charge in [-0.25, -0.2) is 0 Å². The zero-order valence-corrected chi connectivity index (χ0v) is 18.1. The van der Waals surface area contributed by atoms with E-state index in [1.807, 2.05) is 59.2 Å². The number of thioether (sulfide) groups is 1. The first-order valence-electron chi connectivity index (χ1n) is 10.1. The molecule has 0 fully saturated rings. The number of imide groups is 1. The number of carbonyl (C=O) groups excluding carboxylic acids is 2. The van der Waals surface area contributed by atoms with Crippen LogP contribution in [0, 0.1) is 0 Å². The van der Waals surface area contributed by atoms with Crippen molar-refractivity contribution < 1.29 is 19.1 Å². The van der Waals surface area contributed by atoms with Gasteiger partial charge in [0.15, 0.2) is 22.5 Å². The second kappa shape index (κ2) is 9.17. The summed E-state index contributed by atoms with van der Waals surface area (Å²) in [6.07, 6.45) is 0. The number of fused-ring (bicyclic) bond motifs is 1. The Kier molecular flexibility index (Phi) is 5.77. The lowest BCUT2D eigenvalue weighted by Gasteiger charge is -2.10. The van der Waals surface area contributed by atoms with Crippen LogP contribution in [-0.4, -0.2) is 39.1 Å². The highest BCUT2D eigenvalue weighted by Gasteiger charge is 2.21. The fourth-order valence-electron chi connectivity index (χ4n) is 3.35. The number of rotatable bonds is 6. The van der Waals surface area contributed by atoms with Gasteiger partial charge in [-0.15, -0.1) is 10.2 Å². The van der Waals surface area contributed by atoms with E-state index in [1.54, 1.807) is 24.3 Å². The van der Waals surface area contributed by atoms with Crippen LogP contribution in [0.4, 0.5) is 0 Å². The summed E-state index contributed by atoms with van der Waals surface area (Å²) in [4.78, 5) is 24.7. The van der Waals surface area contributed by atoms with Crippen molar-refractivity contribution in [2.45, 2.75) is 5.16 Å². The minimum Gasteiger partial charge on any atom is -0.454 e. The lowest BCUT2D eigenvalue weighted by atomic mass is 10.2. The van der Waals surface area contributed by atoms with E-state index < -0.39 is 11.8 Å². The quantitative estimate of drug-likeness (QED) is 0.440. The zero-order valence-electron chi connectivity index (χ0n) is 17.3. The van der Waals surface area contributed by atoms with E-state index in [-0.39, 0.29) is 12.5 Å². The van der Waals surface area contributed by atoms with Crippen LogP contribution in [0.25, 0.3) is 17.1 Å². The molecule has 0 bridgehead atoms. The topological polar surface area (TPSA) is 95.3 Å². The summed E-state index contributed by atoms with van der Waals surface area (Å²) >= 11 is 1.20. The van der Waals surface area contributed by atoms with Gasteiger partial charge in [-0.05, 0) is 42.5 Å². The van der Waals surface area contributed by atoms with Crippen LogP contribution in [0.2, 0.25) is 0 Å². The Labute approximate surface area is 193 Å². The summed E-state index contributed by atoms with van der Waals surface area (Å²) in [6.45, 7) is 0.183. The van der Waals surface area contributed by atoms with Crippen molar-refractivity contribution in [2.75, 3.05) is 12.5 Å². The molecule has 9 heteroatoms. The van der Waals surface area contributed by atoms with E-state index in [2.05, 4.69) is 15.5 Å². The molecule has 1 aromatic heterocycles. The molecule has 1 aliphatic heterocycles. The van der Waals surface area contributed by atoms with Crippen molar-refractivity contribution in [1.82, 2.24) is 20.1 Å². The second-order valence-corrected chi connectivity index (χ2v) is 8.02. The lowest BCUT2D eigenvalue weighted by molar-refractivity contribution is -0.117. The van der Waals surface area contributed by atoms with E-state index in [4.69, 9.17) is 9.47 Å². The Morgan fingerprint density at radius 3 is 2.42 bits per heavy atom. The van der Waals surface area contributed by atoms with E-state index in [0.29, 0.717) is 28.0 Å². The van der Waals surface area contributed by atoms with Gasteiger partial charge in [0.25, 0.3) is 5.91 Å². The van der Waals surface area contributed by atoms with Gasteiger partial charge in [-0.3, -0.25) is 19.5 Å². The van der Waals surface area contributed by atoms with Crippen LogP contribution in [0.1, 0.15) is 10.4 Å². The molecule has 1 N–H and O–H groups in total. The van der Waals surface area contributed by atoms with Crippen LogP contribution in [0.15, 0.2) is 84.0 Å². The Morgan fingerprint density at radius 1 is 0.909 bits per heavy atom. The van der Waals surface area contributed by atoms with Gasteiger partial charge in [0.05, 0.1) is 5.75 Å². The third-order valence-electron chi connectivity index (χ3n) is 4.90. The predicted molar refractivity (Wildman–Crippen MR) is 123 cm³/mol. The van der Waals surface area contributed by atoms with Gasteiger partial charge in [-0.2, -0.15) is 0 Å². The summed E-state index contributed by atoms with van der Waals surface area (Å²) in [7, 11) is 0. The third-order valence-corrected chi connectivity index (χ3v) is 5.83. The maximum atomic E-state index is 12.4. The molecule has 4 aromatic rings. The van der Waals surface area contributed by atoms with Crippen LogP contribution < -0.4 is 14.8 Å².